The Labute approximate surface area is 354 Å². The molecule has 7 heterocycles. The predicted molar refractivity (Wildman–Crippen MR) is 231 cm³/mol. The second-order valence-electron chi connectivity index (χ2n) is 17.7. The summed E-state index contributed by atoms with van der Waals surface area (Å²) in [5.74, 6) is -0.222. The number of fused-ring (bicyclic) bond motifs is 2. The minimum atomic E-state index is -1.23. The van der Waals surface area contributed by atoms with Gasteiger partial charge in [0.1, 0.15) is 23.6 Å². The number of pyridine rings is 1. The van der Waals surface area contributed by atoms with Crippen LogP contribution in [0.5, 0.6) is 0 Å². The van der Waals surface area contributed by atoms with E-state index in [9.17, 15) is 24.8 Å². The molecule has 1 aromatic carbocycles. The Morgan fingerprint density at radius 1 is 0.902 bits per heavy atom. The number of carbonyl (C=O) groups excluding carboxylic acids is 3. The molecule has 16 heteroatoms. The van der Waals surface area contributed by atoms with Gasteiger partial charge in [-0.3, -0.25) is 34.2 Å². The minimum absolute atomic E-state index is 0.222. The van der Waals surface area contributed by atoms with Gasteiger partial charge in [-0.05, 0) is 108 Å². The van der Waals surface area contributed by atoms with Crippen molar-refractivity contribution in [3.8, 4) is 6.07 Å². The van der Waals surface area contributed by atoms with Crippen molar-refractivity contribution in [1.29, 1.82) is 5.26 Å². The van der Waals surface area contributed by atoms with Crippen molar-refractivity contribution in [2.24, 2.45) is 0 Å². The minimum Gasteiger partial charge on any atom is -0.386 e. The largest absolute Gasteiger partial charge is 0.386 e. The van der Waals surface area contributed by atoms with E-state index in [4.69, 9.17) is 10.1 Å². The topological polar surface area (TPSA) is 189 Å². The average Bonchev–Trinajstić information content (AvgIpc) is 3.88. The maximum absolute atomic E-state index is 13.5. The van der Waals surface area contributed by atoms with Crippen LogP contribution in [0.15, 0.2) is 54.9 Å². The van der Waals surface area contributed by atoms with E-state index in [-0.39, 0.29) is 23.8 Å². The normalized spacial score (nSPS) is 22.3. The van der Waals surface area contributed by atoms with Gasteiger partial charge in [0.2, 0.25) is 11.8 Å². The number of aryl methyl sites for hydroxylation is 1. The average molecular weight is 827 g/mol. The maximum Gasteiger partial charge on any atom is 0.274 e. The molecule has 3 aliphatic heterocycles. The molecule has 318 valence electrons. The van der Waals surface area contributed by atoms with Gasteiger partial charge < -0.3 is 20.6 Å². The second-order valence-corrected chi connectivity index (χ2v) is 17.7. The summed E-state index contributed by atoms with van der Waals surface area (Å²) >= 11 is 0. The number of hydrogen-bond acceptors (Lipinski definition) is 12. The number of nitriles is 1. The first-order valence-electron chi connectivity index (χ1n) is 21.7. The number of nitrogens with one attached hydrogen (secondary N) is 3. The van der Waals surface area contributed by atoms with E-state index in [1.807, 2.05) is 25.1 Å². The highest BCUT2D eigenvalue weighted by molar-refractivity contribution is 6.05. The molecule has 0 spiro atoms. The number of piperazine rings is 1. The quantitative estimate of drug-likeness (QED) is 0.150. The SMILES string of the molecule is Cc1nc(NC2CCC(=O)NC2=O)ccc1N1CCC(N2CCN(C3CCC(n4cc5cc(NC(=O)c6ccc7cc(C#N)cnn67)c(C(C)(C)O)cc5n4)CC3)CC2)CC1. The molecule has 61 heavy (non-hydrogen) atoms. The van der Waals surface area contributed by atoms with Crippen LogP contribution in [-0.2, 0) is 15.2 Å². The van der Waals surface area contributed by atoms with Gasteiger partial charge in [-0.15, -0.1) is 0 Å². The Morgan fingerprint density at radius 3 is 2.28 bits per heavy atom. The van der Waals surface area contributed by atoms with Gasteiger partial charge in [-0.1, -0.05) is 0 Å². The van der Waals surface area contributed by atoms with Crippen LogP contribution in [0.1, 0.15) is 98.6 Å². The maximum atomic E-state index is 13.5. The molecule has 1 aliphatic carbocycles. The molecule has 9 rings (SSSR count). The molecule has 1 unspecified atom stereocenters. The van der Waals surface area contributed by atoms with Crippen LogP contribution < -0.4 is 20.9 Å². The fraction of sp³-hybridized carbons (Fsp3) is 0.489. The lowest BCUT2D eigenvalue weighted by Gasteiger charge is -2.46. The van der Waals surface area contributed by atoms with Crippen molar-refractivity contribution in [2.45, 2.75) is 102 Å². The van der Waals surface area contributed by atoms with Crippen molar-refractivity contribution < 1.29 is 19.5 Å². The number of amides is 3. The molecule has 4 aliphatic rings. The van der Waals surface area contributed by atoms with Gasteiger partial charge in [-0.2, -0.15) is 15.5 Å². The van der Waals surface area contributed by atoms with E-state index in [1.165, 1.54) is 10.7 Å². The Bertz CT molecular complexity index is 2510. The lowest BCUT2D eigenvalue weighted by Crippen LogP contribution is -2.55. The van der Waals surface area contributed by atoms with Crippen LogP contribution in [0.25, 0.3) is 16.4 Å². The summed E-state index contributed by atoms with van der Waals surface area (Å²) in [4.78, 5) is 49.9. The Balaban J connectivity index is 0.764. The molecule has 5 aromatic rings. The van der Waals surface area contributed by atoms with Crippen LogP contribution in [0.3, 0.4) is 0 Å². The van der Waals surface area contributed by atoms with E-state index in [0.29, 0.717) is 58.8 Å². The summed E-state index contributed by atoms with van der Waals surface area (Å²) in [5, 5.41) is 39.2. The van der Waals surface area contributed by atoms with E-state index in [0.717, 1.165) is 100 Å². The smallest absolute Gasteiger partial charge is 0.274 e. The predicted octanol–water partition coefficient (Wildman–Crippen LogP) is 4.73. The molecule has 3 saturated heterocycles. The number of piperidine rings is 2. The Kier molecular flexibility index (Phi) is 11.0. The fourth-order valence-electron chi connectivity index (χ4n) is 9.91. The molecule has 4 N–H and O–H groups in total. The Morgan fingerprint density at radius 2 is 1.61 bits per heavy atom. The molecule has 0 radical (unpaired) electrons. The van der Waals surface area contributed by atoms with Gasteiger partial charge >= 0.3 is 0 Å². The van der Waals surface area contributed by atoms with Crippen LogP contribution in [0, 0.1) is 18.3 Å². The summed E-state index contributed by atoms with van der Waals surface area (Å²) in [5.41, 5.74) is 4.11. The van der Waals surface area contributed by atoms with Crippen molar-refractivity contribution in [2.75, 3.05) is 54.8 Å². The van der Waals surface area contributed by atoms with Crippen LogP contribution in [0.4, 0.5) is 17.2 Å². The highest BCUT2D eigenvalue weighted by Gasteiger charge is 2.34. The van der Waals surface area contributed by atoms with Gasteiger partial charge in [0.15, 0.2) is 0 Å². The monoisotopic (exact) mass is 826 g/mol. The highest BCUT2D eigenvalue weighted by atomic mass is 16.3. The number of anilines is 3. The number of imide groups is 1. The summed E-state index contributed by atoms with van der Waals surface area (Å²) in [7, 11) is 0. The first-order valence-corrected chi connectivity index (χ1v) is 21.7. The van der Waals surface area contributed by atoms with Crippen molar-refractivity contribution in [3.63, 3.8) is 0 Å². The van der Waals surface area contributed by atoms with Crippen LogP contribution >= 0.6 is 0 Å². The van der Waals surface area contributed by atoms with Gasteiger partial charge in [0.05, 0.1) is 45.8 Å². The lowest BCUT2D eigenvalue weighted by molar-refractivity contribution is -0.133. The molecular weight excluding hydrogens is 773 g/mol. The zero-order valence-corrected chi connectivity index (χ0v) is 35.1. The number of aromatic nitrogens is 5. The van der Waals surface area contributed by atoms with E-state index in [2.05, 4.69) is 58.8 Å². The number of nitrogens with zero attached hydrogens (tertiary/aromatic N) is 9. The number of rotatable bonds is 9. The van der Waals surface area contributed by atoms with E-state index < -0.39 is 11.6 Å². The molecule has 1 saturated carbocycles. The molecule has 16 nitrogen and oxygen atoms in total. The van der Waals surface area contributed by atoms with E-state index >= 15 is 0 Å². The van der Waals surface area contributed by atoms with E-state index in [1.54, 1.807) is 32.0 Å². The van der Waals surface area contributed by atoms with Crippen LogP contribution in [-0.4, -0.2) is 114 Å². The third-order valence-electron chi connectivity index (χ3n) is 13.3. The molecule has 0 bridgehead atoms. The summed E-state index contributed by atoms with van der Waals surface area (Å²) < 4.78 is 3.60. The summed E-state index contributed by atoms with van der Waals surface area (Å²) in [6, 6.07) is 16.0. The first-order chi connectivity index (χ1) is 29.4. The highest BCUT2D eigenvalue weighted by Crippen LogP contribution is 2.36. The van der Waals surface area contributed by atoms with Crippen LogP contribution in [0.2, 0.25) is 0 Å². The number of hydrogen-bond donors (Lipinski definition) is 4. The molecule has 3 amide bonds. The number of benzene rings is 1. The molecule has 4 fully saturated rings. The van der Waals surface area contributed by atoms with Crippen molar-refractivity contribution in [1.82, 2.24) is 39.5 Å². The molecular formula is C45H54N12O4. The number of aliphatic hydroxyl groups is 1. The zero-order valence-electron chi connectivity index (χ0n) is 35.1. The second kappa shape index (κ2) is 16.5. The number of carbonyl (C=O) groups is 3. The van der Waals surface area contributed by atoms with Gasteiger partial charge in [0.25, 0.3) is 5.91 Å². The summed E-state index contributed by atoms with van der Waals surface area (Å²) in [6.07, 6.45) is 10.9. The molecule has 4 aromatic heterocycles. The molecule has 1 atom stereocenters. The fourth-order valence-corrected chi connectivity index (χ4v) is 9.91. The van der Waals surface area contributed by atoms with Crippen molar-refractivity contribution >= 4 is 51.3 Å². The van der Waals surface area contributed by atoms with Gasteiger partial charge in [0, 0.05) is 80.6 Å². The standard InChI is InChI=1S/C45H54N12O4/c1-28-39(11-12-41(48-28)49-36-9-13-42(58)51-43(36)59)55-16-14-32(15-17-55)54-20-18-53(19-21-54)31-4-6-33(7-5-31)56-27-30-23-38(35(45(2,3)61)24-37(30)52-56)50-44(60)40-10-8-34-22-29(25-46)26-47-57(34)40/h8,10-12,22-24,26-27,31-33,36,61H,4-7,9,13-21H2,1-3H3,(H,48,49)(H,50,60)(H,51,58,59). The lowest BCUT2D eigenvalue weighted by atomic mass is 9.89. The first kappa shape index (κ1) is 40.5. The summed E-state index contributed by atoms with van der Waals surface area (Å²) in [6.45, 7) is 11.8. The van der Waals surface area contributed by atoms with Crippen molar-refractivity contribution in [3.05, 3.63) is 77.4 Å². The Hall–Kier alpha value is -5.89. The third kappa shape index (κ3) is 8.42. The third-order valence-corrected chi connectivity index (χ3v) is 13.3. The zero-order chi connectivity index (χ0) is 42.4. The van der Waals surface area contributed by atoms with Gasteiger partial charge in [-0.25, -0.2) is 9.50 Å².